The second-order valence-corrected chi connectivity index (χ2v) is 6.20. The standard InChI is InChI=1S/C17H27F3N2O4/c1-4-11(5-2)26-13-8-10(16(24)25-6-3)7-12(21)15(13)22-14(23)9-17(18,19)20/h8,11-13,15H,4-7,9,21H2,1-3H3,(H,22,23). The van der Waals surface area contributed by atoms with Crippen LogP contribution in [0, 0.1) is 0 Å². The van der Waals surface area contributed by atoms with Crippen LogP contribution in [0.4, 0.5) is 13.2 Å². The molecule has 0 bridgehead atoms. The highest BCUT2D eigenvalue weighted by Crippen LogP contribution is 2.25. The van der Waals surface area contributed by atoms with Gasteiger partial charge in [-0.3, -0.25) is 4.79 Å². The Labute approximate surface area is 151 Å². The van der Waals surface area contributed by atoms with E-state index in [0.717, 1.165) is 0 Å². The molecule has 26 heavy (non-hydrogen) atoms. The van der Waals surface area contributed by atoms with Gasteiger partial charge in [0, 0.05) is 11.6 Å². The normalized spacial score (nSPS) is 23.5. The summed E-state index contributed by atoms with van der Waals surface area (Å²) >= 11 is 0. The second-order valence-electron chi connectivity index (χ2n) is 6.20. The van der Waals surface area contributed by atoms with Gasteiger partial charge in [-0.15, -0.1) is 0 Å². The Hall–Kier alpha value is -1.61. The molecule has 3 N–H and O–H groups in total. The Morgan fingerprint density at radius 2 is 1.92 bits per heavy atom. The molecule has 0 saturated carbocycles. The highest BCUT2D eigenvalue weighted by atomic mass is 19.4. The number of hydrogen-bond donors (Lipinski definition) is 2. The molecule has 0 fully saturated rings. The number of esters is 1. The molecule has 0 spiro atoms. The molecule has 1 aliphatic rings. The zero-order valence-corrected chi connectivity index (χ0v) is 15.3. The first-order chi connectivity index (χ1) is 12.1. The number of hydrogen-bond acceptors (Lipinski definition) is 5. The third-order valence-electron chi connectivity index (χ3n) is 4.12. The summed E-state index contributed by atoms with van der Waals surface area (Å²) in [7, 11) is 0. The average Bonchev–Trinajstić information content (AvgIpc) is 2.53. The van der Waals surface area contributed by atoms with Crippen molar-refractivity contribution in [1.29, 1.82) is 0 Å². The van der Waals surface area contributed by atoms with Gasteiger partial charge >= 0.3 is 12.1 Å². The van der Waals surface area contributed by atoms with Crippen molar-refractivity contribution in [1.82, 2.24) is 5.32 Å². The van der Waals surface area contributed by atoms with Gasteiger partial charge in [0.05, 0.1) is 24.9 Å². The minimum atomic E-state index is -4.61. The monoisotopic (exact) mass is 380 g/mol. The number of ether oxygens (including phenoxy) is 2. The van der Waals surface area contributed by atoms with Crippen LogP contribution in [0.15, 0.2) is 11.6 Å². The van der Waals surface area contributed by atoms with Crippen molar-refractivity contribution in [3.63, 3.8) is 0 Å². The summed E-state index contributed by atoms with van der Waals surface area (Å²) < 4.78 is 48.2. The van der Waals surface area contributed by atoms with Gasteiger partial charge in [-0.05, 0) is 32.3 Å². The fraction of sp³-hybridized carbons (Fsp3) is 0.765. The smallest absolute Gasteiger partial charge is 0.397 e. The number of halogens is 3. The third kappa shape index (κ3) is 6.95. The van der Waals surface area contributed by atoms with Crippen molar-refractivity contribution in [3.8, 4) is 0 Å². The summed E-state index contributed by atoms with van der Waals surface area (Å²) in [6.45, 7) is 5.67. The molecule has 0 saturated heterocycles. The molecule has 9 heteroatoms. The van der Waals surface area contributed by atoms with E-state index in [-0.39, 0.29) is 19.1 Å². The molecular formula is C17H27F3N2O4. The number of alkyl halides is 3. The largest absolute Gasteiger partial charge is 0.463 e. The number of rotatable bonds is 8. The number of carbonyl (C=O) groups is 2. The molecule has 3 atom stereocenters. The van der Waals surface area contributed by atoms with Crippen LogP contribution in [-0.4, -0.2) is 49.0 Å². The lowest BCUT2D eigenvalue weighted by Gasteiger charge is -2.37. The van der Waals surface area contributed by atoms with Gasteiger partial charge in [0.15, 0.2) is 0 Å². The van der Waals surface area contributed by atoms with Crippen molar-refractivity contribution in [2.75, 3.05) is 6.61 Å². The van der Waals surface area contributed by atoms with Gasteiger partial charge in [-0.25, -0.2) is 4.79 Å². The van der Waals surface area contributed by atoms with Crippen molar-refractivity contribution < 1.29 is 32.2 Å². The van der Waals surface area contributed by atoms with Gasteiger partial charge < -0.3 is 20.5 Å². The minimum absolute atomic E-state index is 0.0819. The Kier molecular flexibility index (Phi) is 8.55. The number of carbonyl (C=O) groups excluding carboxylic acids is 2. The molecule has 0 aliphatic heterocycles. The lowest BCUT2D eigenvalue weighted by molar-refractivity contribution is -0.155. The van der Waals surface area contributed by atoms with Crippen LogP contribution in [0.2, 0.25) is 0 Å². The van der Waals surface area contributed by atoms with E-state index in [2.05, 4.69) is 5.32 Å². The van der Waals surface area contributed by atoms with Gasteiger partial charge in [0.2, 0.25) is 5.91 Å². The molecule has 1 amide bonds. The van der Waals surface area contributed by atoms with Gasteiger partial charge in [0.25, 0.3) is 0 Å². The summed E-state index contributed by atoms with van der Waals surface area (Å²) in [5, 5.41) is 2.31. The Bertz CT molecular complexity index is 519. The first kappa shape index (κ1) is 22.4. The maximum Gasteiger partial charge on any atom is 0.397 e. The van der Waals surface area contributed by atoms with Crippen molar-refractivity contribution in [2.45, 2.75) is 76.9 Å². The van der Waals surface area contributed by atoms with Crippen LogP contribution >= 0.6 is 0 Å². The average molecular weight is 380 g/mol. The van der Waals surface area contributed by atoms with E-state index in [1.165, 1.54) is 6.08 Å². The number of nitrogens with two attached hydrogens (primary N) is 1. The third-order valence-corrected chi connectivity index (χ3v) is 4.12. The molecule has 150 valence electrons. The number of amides is 1. The van der Waals surface area contributed by atoms with E-state index in [0.29, 0.717) is 18.4 Å². The Balaban J connectivity index is 3.00. The van der Waals surface area contributed by atoms with Crippen LogP contribution < -0.4 is 11.1 Å². The van der Waals surface area contributed by atoms with E-state index in [1.54, 1.807) is 6.92 Å². The SMILES string of the molecule is CCOC(=O)C1=CC(OC(CC)CC)C(NC(=O)CC(F)(F)F)C(N)C1. The zero-order valence-electron chi connectivity index (χ0n) is 15.3. The molecule has 6 nitrogen and oxygen atoms in total. The summed E-state index contributed by atoms with van der Waals surface area (Å²) in [6.07, 6.45) is -4.26. The predicted molar refractivity (Wildman–Crippen MR) is 89.2 cm³/mol. The molecule has 0 radical (unpaired) electrons. The fourth-order valence-corrected chi connectivity index (χ4v) is 2.81. The summed E-state index contributed by atoms with van der Waals surface area (Å²) in [4.78, 5) is 23.7. The quantitative estimate of drug-likeness (QED) is 0.630. The highest BCUT2D eigenvalue weighted by molar-refractivity contribution is 5.89. The van der Waals surface area contributed by atoms with E-state index in [9.17, 15) is 22.8 Å². The van der Waals surface area contributed by atoms with Gasteiger partial charge in [-0.1, -0.05) is 13.8 Å². The van der Waals surface area contributed by atoms with Crippen LogP contribution in [0.5, 0.6) is 0 Å². The highest BCUT2D eigenvalue weighted by Gasteiger charge is 2.38. The molecule has 0 aromatic rings. The van der Waals surface area contributed by atoms with E-state index in [1.807, 2.05) is 13.8 Å². The van der Waals surface area contributed by atoms with Crippen molar-refractivity contribution in [2.24, 2.45) is 5.73 Å². The van der Waals surface area contributed by atoms with E-state index >= 15 is 0 Å². The maximum atomic E-state index is 12.4. The molecule has 0 aromatic heterocycles. The Morgan fingerprint density at radius 1 is 1.31 bits per heavy atom. The molecular weight excluding hydrogens is 353 g/mol. The first-order valence-corrected chi connectivity index (χ1v) is 8.76. The molecule has 0 heterocycles. The van der Waals surface area contributed by atoms with Gasteiger partial charge in [-0.2, -0.15) is 13.2 Å². The fourth-order valence-electron chi connectivity index (χ4n) is 2.81. The lowest BCUT2D eigenvalue weighted by Crippen LogP contribution is -2.57. The maximum absolute atomic E-state index is 12.4. The molecule has 0 aromatic carbocycles. The van der Waals surface area contributed by atoms with Crippen LogP contribution in [0.25, 0.3) is 0 Å². The topological polar surface area (TPSA) is 90.6 Å². The van der Waals surface area contributed by atoms with E-state index in [4.69, 9.17) is 15.2 Å². The van der Waals surface area contributed by atoms with Gasteiger partial charge in [0.1, 0.15) is 6.42 Å². The lowest BCUT2D eigenvalue weighted by atomic mass is 9.88. The van der Waals surface area contributed by atoms with Crippen LogP contribution in [-0.2, 0) is 19.1 Å². The van der Waals surface area contributed by atoms with Crippen LogP contribution in [0.3, 0.4) is 0 Å². The predicted octanol–water partition coefficient (Wildman–Crippen LogP) is 2.22. The summed E-state index contributed by atoms with van der Waals surface area (Å²) in [5.74, 6) is -1.72. The van der Waals surface area contributed by atoms with E-state index < -0.39 is 42.7 Å². The molecule has 1 rings (SSSR count). The minimum Gasteiger partial charge on any atom is -0.463 e. The summed E-state index contributed by atoms with van der Waals surface area (Å²) in [6, 6.07) is -1.63. The van der Waals surface area contributed by atoms with Crippen molar-refractivity contribution in [3.05, 3.63) is 11.6 Å². The number of nitrogens with one attached hydrogen (secondary N) is 1. The van der Waals surface area contributed by atoms with Crippen LogP contribution in [0.1, 0.15) is 46.5 Å². The zero-order chi connectivity index (χ0) is 19.9. The Morgan fingerprint density at radius 3 is 2.42 bits per heavy atom. The first-order valence-electron chi connectivity index (χ1n) is 8.76. The summed E-state index contributed by atoms with van der Waals surface area (Å²) in [5.41, 5.74) is 6.34. The second kappa shape index (κ2) is 9.91. The molecule has 1 aliphatic carbocycles. The molecule has 3 unspecified atom stereocenters. The van der Waals surface area contributed by atoms with Crippen molar-refractivity contribution >= 4 is 11.9 Å².